The molecule has 174 valence electrons. The first kappa shape index (κ1) is 24.0. The van der Waals surface area contributed by atoms with Gasteiger partial charge in [0.05, 0.1) is 10.9 Å². The van der Waals surface area contributed by atoms with Gasteiger partial charge >= 0.3 is 6.36 Å². The van der Waals surface area contributed by atoms with Crippen LogP contribution in [0.4, 0.5) is 13.2 Å². The SMILES string of the molecule is C[C@H](NS(=O)(=O)c1ccccc1)C(=O)N1CCN(Cc2ccc(OC(F)(F)F)cc2)CC1. The second kappa shape index (κ2) is 9.88. The van der Waals surface area contributed by atoms with E-state index in [2.05, 4.69) is 14.4 Å². The van der Waals surface area contributed by atoms with Gasteiger partial charge in [-0.3, -0.25) is 9.69 Å². The Bertz CT molecular complexity index is 1010. The molecule has 1 fully saturated rings. The van der Waals surface area contributed by atoms with E-state index in [1.54, 1.807) is 35.2 Å². The summed E-state index contributed by atoms with van der Waals surface area (Å²) in [5, 5.41) is 0. The van der Waals surface area contributed by atoms with Crippen LogP contribution in [0.3, 0.4) is 0 Å². The van der Waals surface area contributed by atoms with Crippen LogP contribution in [0.2, 0.25) is 0 Å². The van der Waals surface area contributed by atoms with E-state index in [0.29, 0.717) is 32.7 Å². The Kier molecular flexibility index (Phi) is 7.42. The Morgan fingerprint density at radius 3 is 2.19 bits per heavy atom. The van der Waals surface area contributed by atoms with Crippen molar-refractivity contribution >= 4 is 15.9 Å². The van der Waals surface area contributed by atoms with Crippen LogP contribution >= 0.6 is 0 Å². The fourth-order valence-electron chi connectivity index (χ4n) is 3.41. The molecule has 1 atom stereocenters. The number of ether oxygens (including phenoxy) is 1. The van der Waals surface area contributed by atoms with Crippen molar-refractivity contribution < 1.29 is 31.1 Å². The van der Waals surface area contributed by atoms with Crippen molar-refractivity contribution in [2.24, 2.45) is 0 Å². The predicted octanol–water partition coefficient (Wildman–Crippen LogP) is 2.60. The molecule has 2 aromatic carbocycles. The number of nitrogens with zero attached hydrogens (tertiary/aromatic N) is 2. The number of alkyl halides is 3. The Labute approximate surface area is 184 Å². The number of benzene rings is 2. The van der Waals surface area contributed by atoms with Crippen molar-refractivity contribution in [3.8, 4) is 5.75 Å². The molecule has 11 heteroatoms. The molecule has 0 aliphatic carbocycles. The lowest BCUT2D eigenvalue weighted by atomic mass is 10.2. The Morgan fingerprint density at radius 2 is 1.62 bits per heavy atom. The third-order valence-corrected chi connectivity index (χ3v) is 6.56. The summed E-state index contributed by atoms with van der Waals surface area (Å²) >= 11 is 0. The molecule has 0 aromatic heterocycles. The fraction of sp³-hybridized carbons (Fsp3) is 0.381. The highest BCUT2D eigenvalue weighted by molar-refractivity contribution is 7.89. The van der Waals surface area contributed by atoms with Crippen LogP contribution in [-0.2, 0) is 21.4 Å². The van der Waals surface area contributed by atoms with E-state index in [0.717, 1.165) is 5.56 Å². The number of carbonyl (C=O) groups excluding carboxylic acids is 1. The van der Waals surface area contributed by atoms with Gasteiger partial charge in [0.2, 0.25) is 15.9 Å². The molecule has 0 saturated carbocycles. The molecule has 32 heavy (non-hydrogen) atoms. The highest BCUT2D eigenvalue weighted by Crippen LogP contribution is 2.23. The maximum atomic E-state index is 12.7. The van der Waals surface area contributed by atoms with Crippen LogP contribution < -0.4 is 9.46 Å². The van der Waals surface area contributed by atoms with E-state index in [1.165, 1.54) is 31.2 Å². The molecule has 1 aliphatic heterocycles. The number of nitrogens with one attached hydrogen (secondary N) is 1. The lowest BCUT2D eigenvalue weighted by Crippen LogP contribution is -2.53. The maximum absolute atomic E-state index is 12.7. The molecule has 2 aromatic rings. The van der Waals surface area contributed by atoms with Gasteiger partial charge in [-0.1, -0.05) is 30.3 Å². The molecule has 1 heterocycles. The fourth-order valence-corrected chi connectivity index (χ4v) is 4.62. The average molecular weight is 472 g/mol. The number of amides is 1. The standard InChI is InChI=1S/C21H24F3N3O4S/c1-16(25-32(29,30)19-5-3-2-4-6-19)20(28)27-13-11-26(12-14-27)15-17-7-9-18(10-8-17)31-21(22,23)24/h2-10,16,25H,11-15H2,1H3/t16-/m0/s1. The molecule has 0 radical (unpaired) electrons. The minimum absolute atomic E-state index is 0.0936. The second-order valence-electron chi connectivity index (χ2n) is 7.45. The van der Waals surface area contributed by atoms with Gasteiger partial charge in [-0.25, -0.2) is 8.42 Å². The van der Waals surface area contributed by atoms with Crippen LogP contribution in [0, 0.1) is 0 Å². The van der Waals surface area contributed by atoms with Gasteiger partial charge in [-0.2, -0.15) is 4.72 Å². The summed E-state index contributed by atoms with van der Waals surface area (Å²) in [6.45, 7) is 4.00. The van der Waals surface area contributed by atoms with Gasteiger partial charge < -0.3 is 9.64 Å². The zero-order valence-electron chi connectivity index (χ0n) is 17.4. The molecule has 3 rings (SSSR count). The first-order chi connectivity index (χ1) is 15.0. The quantitative estimate of drug-likeness (QED) is 0.672. The Balaban J connectivity index is 1.49. The van der Waals surface area contributed by atoms with Crippen molar-refractivity contribution in [2.75, 3.05) is 26.2 Å². The number of halogens is 3. The monoisotopic (exact) mass is 471 g/mol. The van der Waals surface area contributed by atoms with Crippen molar-refractivity contribution in [3.05, 3.63) is 60.2 Å². The summed E-state index contributed by atoms with van der Waals surface area (Å²) in [4.78, 5) is 16.5. The lowest BCUT2D eigenvalue weighted by Gasteiger charge is -2.36. The number of hydrogen-bond donors (Lipinski definition) is 1. The van der Waals surface area contributed by atoms with Gasteiger partial charge in [-0.15, -0.1) is 13.2 Å². The van der Waals surface area contributed by atoms with Gasteiger partial charge in [-0.05, 0) is 36.8 Å². The third-order valence-electron chi connectivity index (χ3n) is 5.00. The molecule has 1 amide bonds. The highest BCUT2D eigenvalue weighted by atomic mass is 32.2. The average Bonchev–Trinajstić information content (AvgIpc) is 2.74. The summed E-state index contributed by atoms with van der Waals surface area (Å²) in [6, 6.07) is 12.6. The minimum atomic E-state index is -4.73. The molecule has 0 bridgehead atoms. The van der Waals surface area contributed by atoms with Crippen LogP contribution in [-0.4, -0.2) is 62.7 Å². The van der Waals surface area contributed by atoms with E-state index in [9.17, 15) is 26.4 Å². The summed E-state index contributed by atoms with van der Waals surface area (Å²) < 4.78 is 67.9. The predicted molar refractivity (Wildman–Crippen MR) is 111 cm³/mol. The van der Waals surface area contributed by atoms with Crippen LogP contribution in [0.1, 0.15) is 12.5 Å². The first-order valence-corrected chi connectivity index (χ1v) is 11.4. The Hall–Kier alpha value is -2.63. The number of rotatable bonds is 7. The Morgan fingerprint density at radius 1 is 1.03 bits per heavy atom. The molecule has 1 N–H and O–H groups in total. The number of hydrogen-bond acceptors (Lipinski definition) is 5. The van der Waals surface area contributed by atoms with Crippen LogP contribution in [0.15, 0.2) is 59.5 Å². The van der Waals surface area contributed by atoms with Crippen molar-refractivity contribution in [2.45, 2.75) is 30.8 Å². The van der Waals surface area contributed by atoms with Crippen LogP contribution in [0.5, 0.6) is 5.75 Å². The maximum Gasteiger partial charge on any atom is 0.573 e. The minimum Gasteiger partial charge on any atom is -0.406 e. The summed E-state index contributed by atoms with van der Waals surface area (Å²) in [5.41, 5.74) is 0.822. The van der Waals surface area contributed by atoms with Gasteiger partial charge in [0.15, 0.2) is 0 Å². The molecule has 1 saturated heterocycles. The number of carbonyl (C=O) groups is 1. The van der Waals surface area contributed by atoms with Gasteiger partial charge in [0, 0.05) is 32.7 Å². The van der Waals surface area contributed by atoms with Crippen molar-refractivity contribution in [3.63, 3.8) is 0 Å². The summed E-state index contributed by atoms with van der Waals surface area (Å²) in [7, 11) is -3.80. The smallest absolute Gasteiger partial charge is 0.406 e. The lowest BCUT2D eigenvalue weighted by molar-refractivity contribution is -0.274. The second-order valence-corrected chi connectivity index (χ2v) is 9.16. The molecule has 0 unspecified atom stereocenters. The van der Waals surface area contributed by atoms with E-state index < -0.39 is 22.4 Å². The molecule has 1 aliphatic rings. The zero-order valence-corrected chi connectivity index (χ0v) is 18.2. The van der Waals surface area contributed by atoms with E-state index in [-0.39, 0.29) is 16.6 Å². The molecular formula is C21H24F3N3O4S. The van der Waals surface area contributed by atoms with Crippen LogP contribution in [0.25, 0.3) is 0 Å². The van der Waals surface area contributed by atoms with Gasteiger partial charge in [0.25, 0.3) is 0 Å². The topological polar surface area (TPSA) is 79.0 Å². The molecule has 7 nitrogen and oxygen atoms in total. The summed E-state index contributed by atoms with van der Waals surface area (Å²) in [5.74, 6) is -0.582. The molecule has 0 spiro atoms. The van der Waals surface area contributed by atoms with Gasteiger partial charge in [0.1, 0.15) is 5.75 Å². The molecular weight excluding hydrogens is 447 g/mol. The first-order valence-electron chi connectivity index (χ1n) is 9.97. The van der Waals surface area contributed by atoms with E-state index in [4.69, 9.17) is 0 Å². The number of sulfonamides is 1. The zero-order chi connectivity index (χ0) is 23.4. The number of piperazine rings is 1. The van der Waals surface area contributed by atoms with Crippen molar-refractivity contribution in [1.29, 1.82) is 0 Å². The van der Waals surface area contributed by atoms with E-state index >= 15 is 0 Å². The largest absolute Gasteiger partial charge is 0.573 e. The van der Waals surface area contributed by atoms with Crippen molar-refractivity contribution in [1.82, 2.24) is 14.5 Å². The normalized spacial score (nSPS) is 16.6. The summed E-state index contributed by atoms with van der Waals surface area (Å²) in [6.07, 6.45) is -4.73. The van der Waals surface area contributed by atoms with E-state index in [1.807, 2.05) is 0 Å². The third kappa shape index (κ3) is 6.68. The highest BCUT2D eigenvalue weighted by Gasteiger charge is 2.31.